The lowest BCUT2D eigenvalue weighted by molar-refractivity contribution is 0.318. The molecular weight excluding hydrogens is 278 g/mol. The minimum absolute atomic E-state index is 0.167. The van der Waals surface area contributed by atoms with Gasteiger partial charge in [-0.25, -0.2) is 0 Å². The maximum atomic E-state index is 4.37. The van der Waals surface area contributed by atoms with Gasteiger partial charge in [0.15, 0.2) is 0 Å². The Balaban J connectivity index is 1.84. The molecule has 4 heteroatoms. The highest BCUT2D eigenvalue weighted by atomic mass is 32.1. The number of pyridine rings is 1. The third-order valence-electron chi connectivity index (χ3n) is 3.09. The van der Waals surface area contributed by atoms with Gasteiger partial charge in [-0.05, 0) is 52.1 Å². The Kier molecular flexibility index (Phi) is 5.51. The molecule has 0 saturated heterocycles. The third-order valence-corrected chi connectivity index (χ3v) is 4.16. The molecular formula is C17H25N3S. The van der Waals surface area contributed by atoms with Crippen LogP contribution in [0.2, 0.25) is 0 Å². The van der Waals surface area contributed by atoms with Crippen molar-refractivity contribution >= 4 is 11.3 Å². The summed E-state index contributed by atoms with van der Waals surface area (Å²) in [6.07, 6.45) is 1.85. The Hall–Kier alpha value is -1.23. The first kappa shape index (κ1) is 16.1. The van der Waals surface area contributed by atoms with Gasteiger partial charge in [0.1, 0.15) is 0 Å². The van der Waals surface area contributed by atoms with Gasteiger partial charge in [0, 0.05) is 41.1 Å². The topological polar surface area (TPSA) is 28.2 Å². The number of hydrogen-bond donors (Lipinski definition) is 1. The molecule has 1 N–H and O–H groups in total. The lowest BCUT2D eigenvalue weighted by Gasteiger charge is -2.19. The van der Waals surface area contributed by atoms with Gasteiger partial charge < -0.3 is 5.32 Å². The molecule has 114 valence electrons. The molecule has 2 aromatic heterocycles. The second-order valence-electron chi connectivity index (χ2n) is 6.46. The summed E-state index contributed by atoms with van der Waals surface area (Å²) < 4.78 is 0. The van der Waals surface area contributed by atoms with E-state index in [1.54, 1.807) is 0 Å². The van der Waals surface area contributed by atoms with E-state index in [1.807, 2.05) is 29.7 Å². The fourth-order valence-corrected chi connectivity index (χ4v) is 3.08. The molecule has 0 amide bonds. The number of hydrogen-bond acceptors (Lipinski definition) is 4. The van der Waals surface area contributed by atoms with Gasteiger partial charge in [-0.15, -0.1) is 11.3 Å². The van der Waals surface area contributed by atoms with Crippen LogP contribution in [0.15, 0.2) is 36.5 Å². The SMILES string of the molecule is CN(Cc1ccccn1)Cc1ccc(CNC(C)(C)C)s1. The van der Waals surface area contributed by atoms with Gasteiger partial charge in [-0.2, -0.15) is 0 Å². The van der Waals surface area contributed by atoms with Crippen LogP contribution in [0.5, 0.6) is 0 Å². The van der Waals surface area contributed by atoms with Crippen LogP contribution in [-0.4, -0.2) is 22.5 Å². The van der Waals surface area contributed by atoms with Gasteiger partial charge in [-0.1, -0.05) is 6.07 Å². The number of aromatic nitrogens is 1. The van der Waals surface area contributed by atoms with Crippen molar-refractivity contribution < 1.29 is 0 Å². The summed E-state index contributed by atoms with van der Waals surface area (Å²) in [6, 6.07) is 10.5. The van der Waals surface area contributed by atoms with Crippen LogP contribution in [0.25, 0.3) is 0 Å². The molecule has 21 heavy (non-hydrogen) atoms. The lowest BCUT2D eigenvalue weighted by Crippen LogP contribution is -2.34. The minimum atomic E-state index is 0.167. The second kappa shape index (κ2) is 7.16. The van der Waals surface area contributed by atoms with Crippen LogP contribution in [0.3, 0.4) is 0 Å². The van der Waals surface area contributed by atoms with E-state index in [4.69, 9.17) is 0 Å². The van der Waals surface area contributed by atoms with E-state index in [-0.39, 0.29) is 5.54 Å². The van der Waals surface area contributed by atoms with Crippen LogP contribution in [0.1, 0.15) is 36.2 Å². The highest BCUT2D eigenvalue weighted by Gasteiger charge is 2.10. The van der Waals surface area contributed by atoms with Crippen molar-refractivity contribution in [2.24, 2.45) is 0 Å². The Bertz CT molecular complexity index is 543. The van der Waals surface area contributed by atoms with Gasteiger partial charge in [0.2, 0.25) is 0 Å². The van der Waals surface area contributed by atoms with Crippen LogP contribution in [-0.2, 0) is 19.6 Å². The maximum Gasteiger partial charge on any atom is 0.0543 e. The van der Waals surface area contributed by atoms with E-state index in [2.05, 4.69) is 61.2 Å². The monoisotopic (exact) mass is 303 g/mol. The molecule has 0 unspecified atom stereocenters. The van der Waals surface area contributed by atoms with Crippen LogP contribution >= 0.6 is 11.3 Å². The Labute approximate surface area is 132 Å². The fraction of sp³-hybridized carbons (Fsp3) is 0.471. The summed E-state index contributed by atoms with van der Waals surface area (Å²) >= 11 is 1.89. The number of thiophene rings is 1. The molecule has 0 radical (unpaired) electrons. The zero-order valence-electron chi connectivity index (χ0n) is 13.4. The number of rotatable bonds is 6. The first-order chi connectivity index (χ1) is 9.92. The molecule has 0 fully saturated rings. The number of nitrogens with one attached hydrogen (secondary N) is 1. The summed E-state index contributed by atoms with van der Waals surface area (Å²) in [5, 5.41) is 3.53. The van der Waals surface area contributed by atoms with E-state index in [1.165, 1.54) is 9.75 Å². The standard InChI is InChI=1S/C17H25N3S/c1-17(2,3)19-11-15-8-9-16(21-15)13-20(4)12-14-7-5-6-10-18-14/h5-10,19H,11-13H2,1-4H3. The second-order valence-corrected chi connectivity index (χ2v) is 7.72. The molecule has 0 aliphatic heterocycles. The van der Waals surface area contributed by atoms with Crippen molar-refractivity contribution in [3.8, 4) is 0 Å². The van der Waals surface area contributed by atoms with E-state index < -0.39 is 0 Å². The summed E-state index contributed by atoms with van der Waals surface area (Å²) in [5.74, 6) is 0. The minimum Gasteiger partial charge on any atom is -0.307 e. The Morgan fingerprint density at radius 2 is 1.86 bits per heavy atom. The first-order valence-corrected chi connectivity index (χ1v) is 8.15. The quantitative estimate of drug-likeness (QED) is 0.882. The van der Waals surface area contributed by atoms with Crippen LogP contribution in [0, 0.1) is 0 Å². The van der Waals surface area contributed by atoms with Crippen molar-refractivity contribution in [2.75, 3.05) is 7.05 Å². The van der Waals surface area contributed by atoms with E-state index in [0.717, 1.165) is 25.3 Å². The normalized spacial score (nSPS) is 12.0. The van der Waals surface area contributed by atoms with Crippen molar-refractivity contribution in [2.45, 2.75) is 45.9 Å². The van der Waals surface area contributed by atoms with E-state index in [9.17, 15) is 0 Å². The van der Waals surface area contributed by atoms with Crippen LogP contribution in [0.4, 0.5) is 0 Å². The first-order valence-electron chi connectivity index (χ1n) is 7.33. The predicted molar refractivity (Wildman–Crippen MR) is 90.3 cm³/mol. The molecule has 0 saturated carbocycles. The Morgan fingerprint density at radius 3 is 2.52 bits per heavy atom. The molecule has 2 rings (SSSR count). The molecule has 2 heterocycles. The summed E-state index contributed by atoms with van der Waals surface area (Å²) in [5.41, 5.74) is 1.28. The van der Waals surface area contributed by atoms with Gasteiger partial charge in [0.25, 0.3) is 0 Å². The van der Waals surface area contributed by atoms with Crippen molar-refractivity contribution in [1.29, 1.82) is 0 Å². The predicted octanol–water partition coefficient (Wildman–Crippen LogP) is 3.66. The van der Waals surface area contributed by atoms with Crippen LogP contribution < -0.4 is 5.32 Å². The molecule has 0 aliphatic carbocycles. The van der Waals surface area contributed by atoms with E-state index >= 15 is 0 Å². The van der Waals surface area contributed by atoms with Gasteiger partial charge in [-0.3, -0.25) is 9.88 Å². The summed E-state index contributed by atoms with van der Waals surface area (Å²) in [7, 11) is 2.14. The summed E-state index contributed by atoms with van der Waals surface area (Å²) in [6.45, 7) is 9.38. The third kappa shape index (κ3) is 5.96. The summed E-state index contributed by atoms with van der Waals surface area (Å²) in [4.78, 5) is 9.47. The van der Waals surface area contributed by atoms with E-state index in [0.29, 0.717) is 0 Å². The van der Waals surface area contributed by atoms with Crippen molar-refractivity contribution in [3.05, 3.63) is 52.0 Å². The fourth-order valence-electron chi connectivity index (χ4n) is 2.04. The molecule has 0 aliphatic rings. The molecule has 0 aromatic carbocycles. The molecule has 0 spiro atoms. The average molecular weight is 303 g/mol. The van der Waals surface area contributed by atoms with Crippen molar-refractivity contribution in [3.63, 3.8) is 0 Å². The molecule has 2 aromatic rings. The molecule has 0 bridgehead atoms. The van der Waals surface area contributed by atoms with Gasteiger partial charge >= 0.3 is 0 Å². The molecule has 0 atom stereocenters. The highest BCUT2D eigenvalue weighted by molar-refractivity contribution is 7.11. The largest absolute Gasteiger partial charge is 0.307 e. The maximum absolute atomic E-state index is 4.37. The zero-order valence-corrected chi connectivity index (χ0v) is 14.2. The zero-order chi connectivity index (χ0) is 15.3. The van der Waals surface area contributed by atoms with Gasteiger partial charge in [0.05, 0.1) is 5.69 Å². The Morgan fingerprint density at radius 1 is 1.10 bits per heavy atom. The van der Waals surface area contributed by atoms with Crippen molar-refractivity contribution in [1.82, 2.24) is 15.2 Å². The average Bonchev–Trinajstić information content (AvgIpc) is 2.84. The highest BCUT2D eigenvalue weighted by Crippen LogP contribution is 2.19. The molecule has 3 nitrogen and oxygen atoms in total. The lowest BCUT2D eigenvalue weighted by atomic mass is 10.1. The number of nitrogens with zero attached hydrogens (tertiary/aromatic N) is 2. The smallest absolute Gasteiger partial charge is 0.0543 e.